The quantitative estimate of drug-likeness (QED) is 0.274. The third-order valence-corrected chi connectivity index (χ3v) is 7.55. The molecule has 2 aromatic heterocycles. The van der Waals surface area contributed by atoms with E-state index in [4.69, 9.17) is 52.1 Å². The lowest BCUT2D eigenvalue weighted by Crippen LogP contribution is -2.28. The van der Waals surface area contributed by atoms with Crippen LogP contribution >= 0.6 is 23.2 Å². The molecule has 2 aliphatic heterocycles. The first kappa shape index (κ1) is 28.7. The summed E-state index contributed by atoms with van der Waals surface area (Å²) in [5.41, 5.74) is 3.25. The van der Waals surface area contributed by atoms with Gasteiger partial charge < -0.3 is 24.3 Å². The average Bonchev–Trinajstić information content (AvgIpc) is 3.43. The van der Waals surface area contributed by atoms with Crippen molar-refractivity contribution in [1.29, 1.82) is 0 Å². The second kappa shape index (κ2) is 12.8. The molecule has 1 saturated heterocycles. The molecule has 0 aliphatic carbocycles. The zero-order chi connectivity index (χ0) is 28.9. The predicted octanol–water partition coefficient (Wildman–Crippen LogP) is 4.08. The van der Waals surface area contributed by atoms with Crippen molar-refractivity contribution in [2.45, 2.75) is 12.5 Å². The number of aromatic nitrogens is 3. The number of nitrogens with zero attached hydrogens (tertiary/aromatic N) is 3. The summed E-state index contributed by atoms with van der Waals surface area (Å²) in [6.45, 7) is 1.81. The van der Waals surface area contributed by atoms with E-state index in [1.54, 1.807) is 18.3 Å². The first-order valence-electron chi connectivity index (χ1n) is 12.7. The molecule has 2 amide bonds. The van der Waals surface area contributed by atoms with Crippen LogP contribution in [0, 0.1) is 5.92 Å². The highest BCUT2D eigenvalue weighted by Crippen LogP contribution is 2.46. The lowest BCUT2D eigenvalue weighted by molar-refractivity contribution is -0.121. The van der Waals surface area contributed by atoms with E-state index in [0.29, 0.717) is 89.2 Å². The van der Waals surface area contributed by atoms with Crippen molar-refractivity contribution >= 4 is 57.9 Å². The van der Waals surface area contributed by atoms with Gasteiger partial charge in [-0.25, -0.2) is 15.0 Å². The highest BCUT2D eigenvalue weighted by Gasteiger charge is 2.28. The monoisotopic (exact) mass is 599 g/mol. The number of carbonyl (C=O) groups is 2. The number of carbonyl (C=O) groups excluding carboxylic acids is 2. The Morgan fingerprint density at radius 1 is 1.10 bits per heavy atom. The van der Waals surface area contributed by atoms with Crippen LogP contribution < -0.4 is 20.1 Å². The maximum atomic E-state index is 11.7. The number of halogens is 2. The Labute approximate surface area is 245 Å². The predicted molar refractivity (Wildman–Crippen MR) is 154 cm³/mol. The third-order valence-electron chi connectivity index (χ3n) is 6.80. The molecule has 13 heteroatoms. The zero-order valence-corrected chi connectivity index (χ0v) is 23.8. The topological polar surface area (TPSA) is 134 Å². The van der Waals surface area contributed by atoms with Gasteiger partial charge in [0, 0.05) is 29.1 Å². The number of methoxy groups -OCH3 is 2. The van der Waals surface area contributed by atoms with Crippen molar-refractivity contribution in [2.75, 3.05) is 46.0 Å². The van der Waals surface area contributed by atoms with E-state index >= 15 is 0 Å². The molecule has 2 N–H and O–H groups in total. The van der Waals surface area contributed by atoms with Crippen LogP contribution in [0.3, 0.4) is 0 Å². The van der Waals surface area contributed by atoms with Gasteiger partial charge in [-0.05, 0) is 24.1 Å². The standard InChI is InChI=1S/C28H27Cl2N5O6/c1-38-20-10-21(39-2)25(30)23(24(20)29)18-9-17-11-31-28(35-27(17)26(33-18)15-5-7-40-8-6-15)34-19-13-41-12-16(19)3-4-22(37)32-14-36/h3-5,9-11,14,16,19H,6-8,12-13H2,1-2H3,(H,31,34,35)(H,32,36,37)/t16-,19+/m0/s1. The lowest BCUT2D eigenvalue weighted by atomic mass is 10.0. The molecule has 1 fully saturated rings. The maximum Gasteiger partial charge on any atom is 0.250 e. The van der Waals surface area contributed by atoms with Crippen LogP contribution in [0.25, 0.3) is 27.7 Å². The largest absolute Gasteiger partial charge is 0.495 e. The number of fused-ring (bicyclic) bond motifs is 1. The van der Waals surface area contributed by atoms with E-state index < -0.39 is 5.91 Å². The van der Waals surface area contributed by atoms with Crippen molar-refractivity contribution in [3.63, 3.8) is 0 Å². The number of amides is 2. The number of anilines is 1. The Bertz CT molecular complexity index is 1520. The molecular formula is C28H27Cl2N5O6. The van der Waals surface area contributed by atoms with Gasteiger partial charge in [0.2, 0.25) is 18.3 Å². The van der Waals surface area contributed by atoms with Crippen molar-refractivity contribution in [1.82, 2.24) is 20.3 Å². The number of ether oxygens (including phenoxy) is 4. The Balaban J connectivity index is 1.56. The van der Waals surface area contributed by atoms with Gasteiger partial charge in [-0.2, -0.15) is 0 Å². The molecule has 11 nitrogen and oxygen atoms in total. The summed E-state index contributed by atoms with van der Waals surface area (Å²) in [6.07, 6.45) is 7.69. The van der Waals surface area contributed by atoms with Crippen molar-refractivity contribution in [3.8, 4) is 22.8 Å². The van der Waals surface area contributed by atoms with Crippen LogP contribution in [0.2, 0.25) is 10.0 Å². The van der Waals surface area contributed by atoms with E-state index in [1.807, 2.05) is 12.1 Å². The van der Waals surface area contributed by atoms with E-state index in [9.17, 15) is 9.59 Å². The van der Waals surface area contributed by atoms with Crippen LogP contribution in [0.15, 0.2) is 36.6 Å². The second-order valence-corrected chi connectivity index (χ2v) is 10.0. The first-order valence-corrected chi connectivity index (χ1v) is 13.5. The van der Waals surface area contributed by atoms with Crippen LogP contribution in [0.1, 0.15) is 12.1 Å². The number of nitrogens with one attached hydrogen (secondary N) is 2. The zero-order valence-electron chi connectivity index (χ0n) is 22.3. The number of pyridine rings is 1. The summed E-state index contributed by atoms with van der Waals surface area (Å²) in [6, 6.07) is 3.26. The molecule has 0 spiro atoms. The summed E-state index contributed by atoms with van der Waals surface area (Å²) in [5, 5.41) is 6.73. The molecule has 1 aromatic carbocycles. The molecule has 4 heterocycles. The molecule has 214 valence electrons. The molecule has 0 radical (unpaired) electrons. The molecule has 3 aromatic rings. The van der Waals surface area contributed by atoms with E-state index in [0.717, 1.165) is 11.0 Å². The lowest BCUT2D eigenvalue weighted by Gasteiger charge is -2.19. The van der Waals surface area contributed by atoms with Crippen molar-refractivity contribution in [3.05, 3.63) is 52.3 Å². The SMILES string of the molecule is COc1cc(OC)c(Cl)c(-c2cc3cnc(N[C@@H]4COC[C@@H]4C=CC(=O)NC=O)nc3c(C3=CCOCC3)n2)c1Cl. The Morgan fingerprint density at radius 3 is 2.56 bits per heavy atom. The molecule has 2 aliphatic rings. The molecule has 5 rings (SSSR count). The molecule has 0 bridgehead atoms. The summed E-state index contributed by atoms with van der Waals surface area (Å²) < 4.78 is 22.1. The van der Waals surface area contributed by atoms with Gasteiger partial charge in [0.05, 0.1) is 68.1 Å². The normalized spacial score (nSPS) is 18.8. The number of imide groups is 1. The number of hydrogen-bond acceptors (Lipinski definition) is 10. The van der Waals surface area contributed by atoms with E-state index in [-0.39, 0.29) is 12.0 Å². The molecule has 0 saturated carbocycles. The minimum Gasteiger partial charge on any atom is -0.495 e. The fraction of sp³-hybridized carbons (Fsp3) is 0.321. The average molecular weight is 600 g/mol. The van der Waals surface area contributed by atoms with Gasteiger partial charge in [0.25, 0.3) is 0 Å². The van der Waals surface area contributed by atoms with Crippen LogP contribution in [0.4, 0.5) is 5.95 Å². The highest BCUT2D eigenvalue weighted by atomic mass is 35.5. The van der Waals surface area contributed by atoms with Gasteiger partial charge in [-0.1, -0.05) is 35.4 Å². The van der Waals surface area contributed by atoms with Gasteiger partial charge in [-0.15, -0.1) is 0 Å². The fourth-order valence-corrected chi connectivity index (χ4v) is 5.40. The molecule has 0 unspecified atom stereocenters. The van der Waals surface area contributed by atoms with E-state index in [1.165, 1.54) is 20.3 Å². The second-order valence-electron chi connectivity index (χ2n) is 9.26. The van der Waals surface area contributed by atoms with Gasteiger partial charge in [0.15, 0.2) is 0 Å². The third kappa shape index (κ3) is 6.13. The number of hydrogen-bond donors (Lipinski definition) is 2. The number of rotatable bonds is 9. The van der Waals surface area contributed by atoms with Crippen LogP contribution in [0.5, 0.6) is 11.5 Å². The summed E-state index contributed by atoms with van der Waals surface area (Å²) in [5.74, 6) is 0.554. The molecule has 41 heavy (non-hydrogen) atoms. The van der Waals surface area contributed by atoms with E-state index in [2.05, 4.69) is 15.6 Å². The summed E-state index contributed by atoms with van der Waals surface area (Å²) >= 11 is 13.4. The fourth-order valence-electron chi connectivity index (χ4n) is 4.71. The van der Waals surface area contributed by atoms with Crippen molar-refractivity contribution in [2.24, 2.45) is 5.92 Å². The molecule has 2 atom stereocenters. The van der Waals surface area contributed by atoms with Crippen LogP contribution in [-0.4, -0.2) is 74.0 Å². The smallest absolute Gasteiger partial charge is 0.250 e. The summed E-state index contributed by atoms with van der Waals surface area (Å²) in [7, 11) is 3.03. The minimum absolute atomic E-state index is 0.128. The highest BCUT2D eigenvalue weighted by molar-refractivity contribution is 6.41. The Morgan fingerprint density at radius 2 is 1.88 bits per heavy atom. The molecular weight excluding hydrogens is 573 g/mol. The van der Waals surface area contributed by atoms with Gasteiger partial charge in [0.1, 0.15) is 17.0 Å². The van der Waals surface area contributed by atoms with Crippen LogP contribution in [-0.2, 0) is 19.1 Å². The summed E-state index contributed by atoms with van der Waals surface area (Å²) in [4.78, 5) is 36.5. The van der Waals surface area contributed by atoms with Crippen molar-refractivity contribution < 1.29 is 28.5 Å². The minimum atomic E-state index is -0.502. The Hall–Kier alpha value is -3.77. The maximum absolute atomic E-state index is 11.7. The Kier molecular flexibility index (Phi) is 8.99. The first-order chi connectivity index (χ1) is 19.9. The number of benzene rings is 1. The van der Waals surface area contributed by atoms with Gasteiger partial charge in [-0.3, -0.25) is 14.9 Å². The van der Waals surface area contributed by atoms with Gasteiger partial charge >= 0.3 is 0 Å².